The number of thioether (sulfide) groups is 1. The van der Waals surface area contributed by atoms with Gasteiger partial charge < -0.3 is 10.2 Å². The van der Waals surface area contributed by atoms with Crippen LogP contribution in [0.5, 0.6) is 0 Å². The molecule has 1 N–H and O–H groups in total. The molecule has 3 nitrogen and oxygen atoms in total. The van der Waals surface area contributed by atoms with Crippen molar-refractivity contribution in [3.8, 4) is 0 Å². The van der Waals surface area contributed by atoms with Crippen molar-refractivity contribution in [1.29, 1.82) is 0 Å². The lowest BCUT2D eigenvalue weighted by molar-refractivity contribution is 0.0948. The van der Waals surface area contributed by atoms with Gasteiger partial charge in [0.05, 0.1) is 5.56 Å². The molecule has 0 spiro atoms. The Morgan fingerprint density at radius 1 is 1.17 bits per heavy atom. The fraction of sp³-hybridized carbons (Fsp3) is 0.316. The highest BCUT2D eigenvalue weighted by molar-refractivity contribution is 7.98. The van der Waals surface area contributed by atoms with Crippen molar-refractivity contribution in [3.05, 3.63) is 60.2 Å². The van der Waals surface area contributed by atoms with Crippen LogP contribution in [0, 0.1) is 0 Å². The van der Waals surface area contributed by atoms with Gasteiger partial charge in [-0.25, -0.2) is 0 Å². The topological polar surface area (TPSA) is 32.3 Å². The second kappa shape index (κ2) is 7.55. The minimum atomic E-state index is 0.0230. The summed E-state index contributed by atoms with van der Waals surface area (Å²) < 4.78 is 0. The average molecular weight is 326 g/mol. The van der Waals surface area contributed by atoms with Crippen LogP contribution in [0.4, 0.5) is 5.69 Å². The van der Waals surface area contributed by atoms with Crippen molar-refractivity contribution < 1.29 is 4.79 Å². The molecule has 1 fully saturated rings. The van der Waals surface area contributed by atoms with E-state index in [0.29, 0.717) is 12.6 Å². The summed E-state index contributed by atoms with van der Waals surface area (Å²) in [5.74, 6) is 0.0230. The third-order valence-electron chi connectivity index (χ3n) is 4.31. The third kappa shape index (κ3) is 3.70. The molecule has 1 aliphatic rings. The summed E-state index contributed by atoms with van der Waals surface area (Å²) in [6, 6.07) is 18.6. The number of amides is 1. The van der Waals surface area contributed by atoms with Gasteiger partial charge in [0.1, 0.15) is 0 Å². The number of nitrogens with zero attached hydrogens (tertiary/aromatic N) is 1. The summed E-state index contributed by atoms with van der Waals surface area (Å²) in [5, 5.41) is 3.12. The first-order chi connectivity index (χ1) is 11.3. The van der Waals surface area contributed by atoms with E-state index >= 15 is 0 Å². The van der Waals surface area contributed by atoms with Gasteiger partial charge in [0, 0.05) is 29.7 Å². The van der Waals surface area contributed by atoms with Gasteiger partial charge in [0.25, 0.3) is 5.91 Å². The molecule has 1 amide bonds. The Morgan fingerprint density at radius 2 is 1.91 bits per heavy atom. The molecule has 120 valence electrons. The van der Waals surface area contributed by atoms with Crippen LogP contribution in [-0.2, 0) is 0 Å². The highest BCUT2D eigenvalue weighted by Gasteiger charge is 2.25. The molecule has 1 heterocycles. The zero-order chi connectivity index (χ0) is 16.1. The zero-order valence-electron chi connectivity index (χ0n) is 13.4. The van der Waals surface area contributed by atoms with E-state index in [0.717, 1.165) is 23.4 Å². The molecular weight excluding hydrogens is 304 g/mol. The van der Waals surface area contributed by atoms with Crippen LogP contribution in [0.1, 0.15) is 23.2 Å². The Bertz CT molecular complexity index is 659. The van der Waals surface area contributed by atoms with E-state index in [-0.39, 0.29) is 5.91 Å². The normalized spacial score (nSPS) is 17.3. The highest BCUT2D eigenvalue weighted by atomic mass is 32.2. The first-order valence-electron chi connectivity index (χ1n) is 8.02. The monoisotopic (exact) mass is 326 g/mol. The van der Waals surface area contributed by atoms with E-state index in [9.17, 15) is 4.79 Å². The maximum atomic E-state index is 12.5. The number of hydrogen-bond acceptors (Lipinski definition) is 3. The highest BCUT2D eigenvalue weighted by Crippen LogP contribution is 2.25. The molecule has 2 aromatic carbocycles. The summed E-state index contributed by atoms with van der Waals surface area (Å²) in [4.78, 5) is 15.9. The standard InChI is InChI=1S/C19H22N2OS/c1-23-18-12-6-5-11-17(18)19(22)20-14-16-10-7-13-21(16)15-8-3-2-4-9-15/h2-6,8-9,11-12,16H,7,10,13-14H2,1H3,(H,20,22). The van der Waals surface area contributed by atoms with Crippen LogP contribution in [0.3, 0.4) is 0 Å². The van der Waals surface area contributed by atoms with E-state index in [2.05, 4.69) is 34.5 Å². The molecule has 0 saturated carbocycles. The summed E-state index contributed by atoms with van der Waals surface area (Å²) >= 11 is 1.61. The molecule has 2 aromatic rings. The van der Waals surface area contributed by atoms with Crippen molar-refractivity contribution in [1.82, 2.24) is 5.32 Å². The number of carbonyl (C=O) groups is 1. The first kappa shape index (κ1) is 15.9. The summed E-state index contributed by atoms with van der Waals surface area (Å²) in [7, 11) is 0. The molecule has 0 aromatic heterocycles. The van der Waals surface area contributed by atoms with Crippen LogP contribution in [0.15, 0.2) is 59.5 Å². The van der Waals surface area contributed by atoms with E-state index in [1.165, 1.54) is 12.1 Å². The van der Waals surface area contributed by atoms with Crippen molar-refractivity contribution in [3.63, 3.8) is 0 Å². The largest absolute Gasteiger partial charge is 0.367 e. The molecule has 1 aliphatic heterocycles. The van der Waals surface area contributed by atoms with Gasteiger partial charge >= 0.3 is 0 Å². The molecule has 3 rings (SSSR count). The SMILES string of the molecule is CSc1ccccc1C(=O)NCC1CCCN1c1ccccc1. The zero-order valence-corrected chi connectivity index (χ0v) is 14.2. The minimum absolute atomic E-state index is 0.0230. The average Bonchev–Trinajstić information content (AvgIpc) is 3.09. The van der Waals surface area contributed by atoms with Gasteiger partial charge in [0.2, 0.25) is 0 Å². The summed E-state index contributed by atoms with van der Waals surface area (Å²) in [5.41, 5.74) is 2.01. The van der Waals surface area contributed by atoms with Crippen molar-refractivity contribution >= 4 is 23.4 Å². The summed E-state index contributed by atoms with van der Waals surface area (Å²) in [6.45, 7) is 1.75. The predicted octanol–water partition coefficient (Wildman–Crippen LogP) is 3.81. The number of rotatable bonds is 5. The maximum absolute atomic E-state index is 12.5. The quantitative estimate of drug-likeness (QED) is 0.848. The van der Waals surface area contributed by atoms with Crippen LogP contribution < -0.4 is 10.2 Å². The minimum Gasteiger partial charge on any atom is -0.367 e. The van der Waals surface area contributed by atoms with Gasteiger partial charge in [-0.05, 0) is 43.4 Å². The Hall–Kier alpha value is -1.94. The maximum Gasteiger partial charge on any atom is 0.252 e. The fourth-order valence-corrected chi connectivity index (χ4v) is 3.74. The second-order valence-corrected chi connectivity index (χ2v) is 6.58. The number of carbonyl (C=O) groups excluding carboxylic acids is 1. The van der Waals surface area contributed by atoms with Crippen LogP contribution >= 0.6 is 11.8 Å². The van der Waals surface area contributed by atoms with Crippen LogP contribution in [-0.4, -0.2) is 31.3 Å². The molecular formula is C19H22N2OS. The second-order valence-electron chi connectivity index (χ2n) is 5.74. The smallest absolute Gasteiger partial charge is 0.252 e. The summed E-state index contributed by atoms with van der Waals surface area (Å²) in [6.07, 6.45) is 4.30. The molecule has 0 aliphatic carbocycles. The molecule has 0 bridgehead atoms. The molecule has 1 saturated heterocycles. The molecule has 4 heteroatoms. The lowest BCUT2D eigenvalue weighted by Crippen LogP contribution is -2.40. The van der Waals surface area contributed by atoms with Gasteiger partial charge in [0.15, 0.2) is 0 Å². The number of para-hydroxylation sites is 1. The number of nitrogens with one attached hydrogen (secondary N) is 1. The van der Waals surface area contributed by atoms with Crippen LogP contribution in [0.2, 0.25) is 0 Å². The number of benzene rings is 2. The molecule has 0 radical (unpaired) electrons. The predicted molar refractivity (Wildman–Crippen MR) is 97.4 cm³/mol. The van der Waals surface area contributed by atoms with Crippen molar-refractivity contribution in [2.75, 3.05) is 24.2 Å². The van der Waals surface area contributed by atoms with E-state index in [1.807, 2.05) is 36.6 Å². The Balaban J connectivity index is 1.64. The Kier molecular flexibility index (Phi) is 5.23. The molecule has 1 unspecified atom stereocenters. The van der Waals surface area contributed by atoms with Gasteiger partial charge in [-0.1, -0.05) is 30.3 Å². The van der Waals surface area contributed by atoms with Crippen LogP contribution in [0.25, 0.3) is 0 Å². The number of hydrogen-bond donors (Lipinski definition) is 1. The van der Waals surface area contributed by atoms with Gasteiger partial charge in [-0.15, -0.1) is 11.8 Å². The Labute approximate surface area is 142 Å². The van der Waals surface area contributed by atoms with Crippen molar-refractivity contribution in [2.45, 2.75) is 23.8 Å². The Morgan fingerprint density at radius 3 is 2.70 bits per heavy atom. The number of anilines is 1. The first-order valence-corrected chi connectivity index (χ1v) is 9.25. The lowest BCUT2D eigenvalue weighted by atomic mass is 10.1. The van der Waals surface area contributed by atoms with Gasteiger partial charge in [-0.2, -0.15) is 0 Å². The van der Waals surface area contributed by atoms with Gasteiger partial charge in [-0.3, -0.25) is 4.79 Å². The molecule has 23 heavy (non-hydrogen) atoms. The third-order valence-corrected chi connectivity index (χ3v) is 5.11. The van der Waals surface area contributed by atoms with Crippen molar-refractivity contribution in [2.24, 2.45) is 0 Å². The van der Waals surface area contributed by atoms with E-state index < -0.39 is 0 Å². The van der Waals surface area contributed by atoms with E-state index in [4.69, 9.17) is 0 Å². The lowest BCUT2D eigenvalue weighted by Gasteiger charge is -2.27. The van der Waals surface area contributed by atoms with E-state index in [1.54, 1.807) is 11.8 Å². The molecule has 1 atom stereocenters. The fourth-order valence-electron chi connectivity index (χ4n) is 3.15.